The fourth-order valence-electron chi connectivity index (χ4n) is 1.27. The molecular weight excluding hydrogens is 174 g/mol. The van der Waals surface area contributed by atoms with E-state index >= 15 is 0 Å². The highest BCUT2D eigenvalue weighted by Crippen LogP contribution is 2.11. The van der Waals surface area contributed by atoms with Crippen LogP contribution in [0.15, 0.2) is 12.3 Å². The van der Waals surface area contributed by atoms with Gasteiger partial charge in [0.2, 0.25) is 0 Å². The molecule has 0 aliphatic heterocycles. The quantitative estimate of drug-likeness (QED) is 0.767. The summed E-state index contributed by atoms with van der Waals surface area (Å²) in [5, 5.41) is 3.25. The van der Waals surface area contributed by atoms with Crippen molar-refractivity contribution in [3.05, 3.63) is 23.4 Å². The Hall–Kier alpha value is -1.09. The second-order valence-corrected chi connectivity index (χ2v) is 3.73. The number of nitrogens with two attached hydrogens (primary N) is 1. The molecule has 0 radical (unpaired) electrons. The van der Waals surface area contributed by atoms with Gasteiger partial charge in [-0.05, 0) is 31.4 Å². The van der Waals surface area contributed by atoms with Crippen molar-refractivity contribution < 1.29 is 0 Å². The number of aryl methyl sites for hydroxylation is 2. The zero-order chi connectivity index (χ0) is 10.6. The minimum atomic E-state index is 0.206. The first-order valence-electron chi connectivity index (χ1n) is 5.06. The molecule has 1 unspecified atom stereocenters. The maximum Gasteiger partial charge on any atom is 0.128 e. The Morgan fingerprint density at radius 2 is 2.21 bits per heavy atom. The molecule has 0 aliphatic rings. The van der Waals surface area contributed by atoms with Gasteiger partial charge >= 0.3 is 0 Å². The number of hydrogen-bond donors (Lipinski definition) is 2. The maximum absolute atomic E-state index is 5.81. The molecule has 1 heterocycles. The second kappa shape index (κ2) is 4.96. The highest BCUT2D eigenvalue weighted by atomic mass is 15.0. The summed E-state index contributed by atoms with van der Waals surface area (Å²) in [6, 6.07) is 2.32. The van der Waals surface area contributed by atoms with Crippen molar-refractivity contribution in [1.29, 1.82) is 0 Å². The molecule has 3 heteroatoms. The summed E-state index contributed by atoms with van der Waals surface area (Å²) in [4.78, 5) is 4.32. The van der Waals surface area contributed by atoms with Crippen molar-refractivity contribution in [1.82, 2.24) is 4.98 Å². The molecule has 0 saturated heterocycles. The Morgan fingerprint density at radius 3 is 2.79 bits per heavy atom. The van der Waals surface area contributed by atoms with Gasteiger partial charge in [0.05, 0.1) is 0 Å². The summed E-state index contributed by atoms with van der Waals surface area (Å²) >= 11 is 0. The van der Waals surface area contributed by atoms with Crippen LogP contribution >= 0.6 is 0 Å². The van der Waals surface area contributed by atoms with Crippen molar-refractivity contribution in [2.24, 2.45) is 5.73 Å². The Balaban J connectivity index is 2.59. The summed E-state index contributed by atoms with van der Waals surface area (Å²) in [5.74, 6) is 0.944. The molecule has 1 aromatic heterocycles. The Kier molecular flexibility index (Phi) is 3.89. The van der Waals surface area contributed by atoms with Crippen molar-refractivity contribution >= 4 is 5.82 Å². The third kappa shape index (κ3) is 3.00. The lowest BCUT2D eigenvalue weighted by Gasteiger charge is -2.12. The lowest BCUT2D eigenvalue weighted by atomic mass is 10.2. The van der Waals surface area contributed by atoms with E-state index in [-0.39, 0.29) is 6.04 Å². The molecule has 1 atom stereocenters. The molecule has 3 N–H and O–H groups in total. The van der Waals surface area contributed by atoms with E-state index in [1.807, 2.05) is 13.1 Å². The van der Waals surface area contributed by atoms with Gasteiger partial charge in [-0.3, -0.25) is 0 Å². The van der Waals surface area contributed by atoms with E-state index in [0.717, 1.165) is 18.8 Å². The van der Waals surface area contributed by atoms with Gasteiger partial charge in [0.15, 0.2) is 0 Å². The number of anilines is 1. The normalized spacial score (nSPS) is 12.6. The standard InChI is InChI=1S/C11H19N3/c1-4-10(12)7-14-11-9(3)5-8(2)6-13-11/h5-6,10H,4,7,12H2,1-3H3,(H,13,14). The van der Waals surface area contributed by atoms with E-state index in [9.17, 15) is 0 Å². The van der Waals surface area contributed by atoms with E-state index < -0.39 is 0 Å². The molecule has 0 saturated carbocycles. The van der Waals surface area contributed by atoms with Crippen LogP contribution in [0.4, 0.5) is 5.82 Å². The lowest BCUT2D eigenvalue weighted by Crippen LogP contribution is -2.28. The minimum Gasteiger partial charge on any atom is -0.368 e. The monoisotopic (exact) mass is 193 g/mol. The average molecular weight is 193 g/mol. The van der Waals surface area contributed by atoms with Crippen LogP contribution in [0.25, 0.3) is 0 Å². The van der Waals surface area contributed by atoms with Crippen LogP contribution in [0.2, 0.25) is 0 Å². The molecule has 0 fully saturated rings. The largest absolute Gasteiger partial charge is 0.368 e. The van der Waals surface area contributed by atoms with Gasteiger partial charge in [-0.2, -0.15) is 0 Å². The molecule has 78 valence electrons. The van der Waals surface area contributed by atoms with E-state index in [4.69, 9.17) is 5.73 Å². The van der Waals surface area contributed by atoms with Gasteiger partial charge in [-0.1, -0.05) is 13.0 Å². The smallest absolute Gasteiger partial charge is 0.128 e. The maximum atomic E-state index is 5.81. The molecule has 0 spiro atoms. The first-order valence-corrected chi connectivity index (χ1v) is 5.06. The summed E-state index contributed by atoms with van der Waals surface area (Å²) in [5.41, 5.74) is 8.17. The third-order valence-electron chi connectivity index (χ3n) is 2.27. The van der Waals surface area contributed by atoms with Crippen molar-refractivity contribution in [3.8, 4) is 0 Å². The van der Waals surface area contributed by atoms with Crippen LogP contribution in [-0.2, 0) is 0 Å². The highest BCUT2D eigenvalue weighted by Gasteiger charge is 2.02. The van der Waals surface area contributed by atoms with Crippen LogP contribution < -0.4 is 11.1 Å². The number of rotatable bonds is 4. The van der Waals surface area contributed by atoms with E-state index in [1.165, 1.54) is 11.1 Å². The Bertz CT molecular complexity index is 297. The number of nitrogens with zero attached hydrogens (tertiary/aromatic N) is 1. The first kappa shape index (κ1) is 11.0. The van der Waals surface area contributed by atoms with Gasteiger partial charge in [0.25, 0.3) is 0 Å². The fraction of sp³-hybridized carbons (Fsp3) is 0.545. The molecule has 0 amide bonds. The molecule has 0 aromatic carbocycles. The average Bonchev–Trinajstić information content (AvgIpc) is 2.16. The third-order valence-corrected chi connectivity index (χ3v) is 2.27. The molecule has 3 nitrogen and oxygen atoms in total. The number of hydrogen-bond acceptors (Lipinski definition) is 3. The predicted octanol–water partition coefficient (Wildman–Crippen LogP) is 1.85. The van der Waals surface area contributed by atoms with Gasteiger partial charge in [-0.25, -0.2) is 4.98 Å². The zero-order valence-electron chi connectivity index (χ0n) is 9.17. The summed E-state index contributed by atoms with van der Waals surface area (Å²) in [6.07, 6.45) is 2.85. The van der Waals surface area contributed by atoms with Gasteiger partial charge in [0.1, 0.15) is 5.82 Å². The first-order chi connectivity index (χ1) is 6.63. The van der Waals surface area contributed by atoms with Crippen molar-refractivity contribution in [2.75, 3.05) is 11.9 Å². The van der Waals surface area contributed by atoms with Crippen molar-refractivity contribution in [3.63, 3.8) is 0 Å². The molecule has 0 aliphatic carbocycles. The molecular formula is C11H19N3. The lowest BCUT2D eigenvalue weighted by molar-refractivity contribution is 0.677. The highest BCUT2D eigenvalue weighted by molar-refractivity contribution is 5.44. The van der Waals surface area contributed by atoms with Crippen LogP contribution in [0.1, 0.15) is 24.5 Å². The number of aromatic nitrogens is 1. The summed E-state index contributed by atoms with van der Waals surface area (Å²) in [7, 11) is 0. The van der Waals surface area contributed by atoms with E-state index in [1.54, 1.807) is 0 Å². The predicted molar refractivity (Wildman–Crippen MR) is 60.5 cm³/mol. The Labute approximate surface area is 85.7 Å². The van der Waals surface area contributed by atoms with Crippen LogP contribution in [0, 0.1) is 13.8 Å². The number of pyridine rings is 1. The number of nitrogens with one attached hydrogen (secondary N) is 1. The fourth-order valence-corrected chi connectivity index (χ4v) is 1.27. The van der Waals surface area contributed by atoms with Gasteiger partial charge in [0, 0.05) is 18.8 Å². The van der Waals surface area contributed by atoms with Crippen LogP contribution in [0.5, 0.6) is 0 Å². The summed E-state index contributed by atoms with van der Waals surface area (Å²) in [6.45, 7) is 6.97. The molecule has 1 rings (SSSR count). The topological polar surface area (TPSA) is 50.9 Å². The molecule has 1 aromatic rings. The van der Waals surface area contributed by atoms with Crippen molar-refractivity contribution in [2.45, 2.75) is 33.2 Å². The van der Waals surface area contributed by atoms with E-state index in [0.29, 0.717) is 0 Å². The SMILES string of the molecule is CCC(N)CNc1ncc(C)cc1C. The van der Waals surface area contributed by atoms with Crippen LogP contribution in [0.3, 0.4) is 0 Å². The zero-order valence-corrected chi connectivity index (χ0v) is 9.17. The van der Waals surface area contributed by atoms with Crippen LogP contribution in [-0.4, -0.2) is 17.6 Å². The molecule has 14 heavy (non-hydrogen) atoms. The minimum absolute atomic E-state index is 0.206. The Morgan fingerprint density at radius 1 is 1.50 bits per heavy atom. The van der Waals surface area contributed by atoms with E-state index in [2.05, 4.69) is 30.2 Å². The van der Waals surface area contributed by atoms with Gasteiger partial charge < -0.3 is 11.1 Å². The molecule has 0 bridgehead atoms. The summed E-state index contributed by atoms with van der Waals surface area (Å²) < 4.78 is 0. The van der Waals surface area contributed by atoms with Gasteiger partial charge in [-0.15, -0.1) is 0 Å². The second-order valence-electron chi connectivity index (χ2n) is 3.73.